The number of rotatable bonds is 4. The summed E-state index contributed by atoms with van der Waals surface area (Å²) in [5.41, 5.74) is 1.07. The Morgan fingerprint density at radius 2 is 2.16 bits per heavy atom. The standard InChI is InChI=1S/C15H18O4/c1-2-11-13(16)14(12-9-18-15(11)19-12)17-8-10-6-4-3-5-7-10/h2-7,11-16H,1,8-9H2/t11-,12-,13-,14-,15-/m1/s1. The smallest absolute Gasteiger partial charge is 0.167 e. The molecule has 1 N–H and O–H groups in total. The van der Waals surface area contributed by atoms with Crippen LogP contribution in [0.15, 0.2) is 43.0 Å². The fourth-order valence-corrected chi connectivity index (χ4v) is 2.64. The van der Waals surface area contributed by atoms with E-state index in [9.17, 15) is 5.11 Å². The number of aliphatic hydroxyl groups is 1. The Kier molecular flexibility index (Phi) is 3.66. The second-order valence-corrected chi connectivity index (χ2v) is 4.94. The van der Waals surface area contributed by atoms with Gasteiger partial charge >= 0.3 is 0 Å². The lowest BCUT2D eigenvalue weighted by Gasteiger charge is -2.36. The van der Waals surface area contributed by atoms with E-state index in [1.807, 2.05) is 30.3 Å². The zero-order valence-corrected chi connectivity index (χ0v) is 10.6. The molecule has 0 aromatic heterocycles. The number of hydrogen-bond donors (Lipinski definition) is 1. The van der Waals surface area contributed by atoms with Crippen LogP contribution < -0.4 is 0 Å². The lowest BCUT2D eigenvalue weighted by Crippen LogP contribution is -2.51. The maximum absolute atomic E-state index is 10.3. The van der Waals surface area contributed by atoms with Gasteiger partial charge in [0.2, 0.25) is 0 Å². The quantitative estimate of drug-likeness (QED) is 0.835. The molecule has 102 valence electrons. The molecular formula is C15H18O4. The van der Waals surface area contributed by atoms with Crippen molar-refractivity contribution in [3.63, 3.8) is 0 Å². The highest BCUT2D eigenvalue weighted by Gasteiger charge is 2.49. The van der Waals surface area contributed by atoms with E-state index < -0.39 is 6.10 Å². The maximum Gasteiger partial charge on any atom is 0.167 e. The Labute approximate surface area is 112 Å². The normalized spacial score (nSPS) is 37.2. The second kappa shape index (κ2) is 5.43. The van der Waals surface area contributed by atoms with E-state index in [1.165, 1.54) is 0 Å². The Morgan fingerprint density at radius 1 is 1.37 bits per heavy atom. The van der Waals surface area contributed by atoms with Gasteiger partial charge in [0.1, 0.15) is 12.2 Å². The molecule has 4 nitrogen and oxygen atoms in total. The summed E-state index contributed by atoms with van der Waals surface area (Å²) in [6, 6.07) is 9.89. The zero-order chi connectivity index (χ0) is 13.2. The first-order valence-electron chi connectivity index (χ1n) is 6.53. The van der Waals surface area contributed by atoms with Crippen molar-refractivity contribution in [1.82, 2.24) is 0 Å². The molecule has 5 atom stereocenters. The molecule has 2 aliphatic rings. The Bertz CT molecular complexity index is 433. The fourth-order valence-electron chi connectivity index (χ4n) is 2.64. The molecule has 2 aliphatic heterocycles. The van der Waals surface area contributed by atoms with Crippen molar-refractivity contribution in [2.75, 3.05) is 6.61 Å². The number of benzene rings is 1. The third-order valence-electron chi connectivity index (χ3n) is 3.70. The summed E-state index contributed by atoms with van der Waals surface area (Å²) in [4.78, 5) is 0. The van der Waals surface area contributed by atoms with E-state index in [4.69, 9.17) is 14.2 Å². The molecule has 1 aromatic rings. The van der Waals surface area contributed by atoms with E-state index in [0.717, 1.165) is 5.56 Å². The molecule has 19 heavy (non-hydrogen) atoms. The van der Waals surface area contributed by atoms with Crippen molar-refractivity contribution in [2.45, 2.75) is 31.2 Å². The van der Waals surface area contributed by atoms with E-state index in [-0.39, 0.29) is 24.4 Å². The highest BCUT2D eigenvalue weighted by Crippen LogP contribution is 2.34. The van der Waals surface area contributed by atoms with Crippen molar-refractivity contribution in [1.29, 1.82) is 0 Å². The topological polar surface area (TPSA) is 47.9 Å². The van der Waals surface area contributed by atoms with Crippen LogP contribution in [0.4, 0.5) is 0 Å². The predicted molar refractivity (Wildman–Crippen MR) is 69.3 cm³/mol. The number of ether oxygens (including phenoxy) is 3. The second-order valence-electron chi connectivity index (χ2n) is 4.94. The lowest BCUT2D eigenvalue weighted by atomic mass is 9.92. The van der Waals surface area contributed by atoms with Gasteiger partial charge in [0.25, 0.3) is 0 Å². The molecule has 2 fully saturated rings. The maximum atomic E-state index is 10.3. The van der Waals surface area contributed by atoms with Crippen LogP contribution in [0.3, 0.4) is 0 Å². The van der Waals surface area contributed by atoms with Crippen molar-refractivity contribution >= 4 is 0 Å². The van der Waals surface area contributed by atoms with Crippen LogP contribution in [0.1, 0.15) is 5.56 Å². The van der Waals surface area contributed by atoms with Gasteiger partial charge < -0.3 is 19.3 Å². The lowest BCUT2D eigenvalue weighted by molar-refractivity contribution is -0.207. The van der Waals surface area contributed by atoms with Crippen molar-refractivity contribution < 1.29 is 19.3 Å². The van der Waals surface area contributed by atoms with Gasteiger partial charge in [-0.15, -0.1) is 6.58 Å². The number of aliphatic hydroxyl groups excluding tert-OH is 1. The Balaban J connectivity index is 1.67. The van der Waals surface area contributed by atoms with Gasteiger partial charge in [-0.2, -0.15) is 0 Å². The first-order valence-corrected chi connectivity index (χ1v) is 6.53. The van der Waals surface area contributed by atoms with Gasteiger partial charge in [0.15, 0.2) is 6.29 Å². The minimum atomic E-state index is -0.632. The van der Waals surface area contributed by atoms with Crippen LogP contribution in [-0.4, -0.2) is 36.3 Å². The summed E-state index contributed by atoms with van der Waals surface area (Å²) in [6.45, 7) is 4.65. The molecule has 2 bridgehead atoms. The first-order chi connectivity index (χ1) is 9.29. The van der Waals surface area contributed by atoms with Crippen LogP contribution in [0, 0.1) is 5.92 Å². The molecule has 3 rings (SSSR count). The molecule has 0 saturated carbocycles. The first kappa shape index (κ1) is 12.8. The predicted octanol–water partition coefficient (Wildman–Crippen LogP) is 1.49. The average molecular weight is 262 g/mol. The molecule has 0 unspecified atom stereocenters. The van der Waals surface area contributed by atoms with Gasteiger partial charge in [-0.05, 0) is 5.56 Å². The molecule has 1 aromatic carbocycles. The summed E-state index contributed by atoms with van der Waals surface area (Å²) in [6.07, 6.45) is 0.0962. The number of fused-ring (bicyclic) bond motifs is 2. The highest BCUT2D eigenvalue weighted by atomic mass is 16.7. The fraction of sp³-hybridized carbons (Fsp3) is 0.467. The Morgan fingerprint density at radius 3 is 2.89 bits per heavy atom. The van der Waals surface area contributed by atoms with E-state index >= 15 is 0 Å². The van der Waals surface area contributed by atoms with Gasteiger partial charge in [-0.3, -0.25) is 0 Å². The van der Waals surface area contributed by atoms with Crippen molar-refractivity contribution in [2.24, 2.45) is 5.92 Å². The summed E-state index contributed by atoms with van der Waals surface area (Å²) in [5.74, 6) is -0.237. The van der Waals surface area contributed by atoms with Crippen LogP contribution >= 0.6 is 0 Å². The summed E-state index contributed by atoms with van der Waals surface area (Å²) < 4.78 is 17.0. The highest BCUT2D eigenvalue weighted by molar-refractivity contribution is 5.13. The van der Waals surface area contributed by atoms with E-state index in [0.29, 0.717) is 13.2 Å². The van der Waals surface area contributed by atoms with Crippen LogP contribution in [0.2, 0.25) is 0 Å². The molecule has 4 heteroatoms. The largest absolute Gasteiger partial charge is 0.389 e. The summed E-state index contributed by atoms with van der Waals surface area (Å²) in [7, 11) is 0. The molecule has 2 heterocycles. The van der Waals surface area contributed by atoms with E-state index in [2.05, 4.69) is 6.58 Å². The number of hydrogen-bond acceptors (Lipinski definition) is 4. The minimum absolute atomic E-state index is 0.195. The molecule has 0 spiro atoms. The monoisotopic (exact) mass is 262 g/mol. The van der Waals surface area contributed by atoms with Gasteiger partial charge in [-0.25, -0.2) is 0 Å². The molecular weight excluding hydrogens is 244 g/mol. The Hall–Kier alpha value is -1.20. The van der Waals surface area contributed by atoms with Crippen LogP contribution in [0.5, 0.6) is 0 Å². The van der Waals surface area contributed by atoms with Gasteiger partial charge in [0, 0.05) is 0 Å². The van der Waals surface area contributed by atoms with E-state index in [1.54, 1.807) is 6.08 Å². The zero-order valence-electron chi connectivity index (χ0n) is 10.6. The molecule has 0 radical (unpaired) electrons. The van der Waals surface area contributed by atoms with Crippen molar-refractivity contribution in [3.05, 3.63) is 48.6 Å². The average Bonchev–Trinajstić information content (AvgIpc) is 2.86. The SMILES string of the molecule is C=C[C@H]1[C@@H]2OC[C@@H](O2)[C@@H](OCc2ccccc2)[C@@H]1O. The minimum Gasteiger partial charge on any atom is -0.389 e. The molecule has 2 saturated heterocycles. The summed E-state index contributed by atoms with van der Waals surface area (Å²) >= 11 is 0. The van der Waals surface area contributed by atoms with Crippen molar-refractivity contribution in [3.8, 4) is 0 Å². The molecule has 0 amide bonds. The van der Waals surface area contributed by atoms with Crippen LogP contribution in [0.25, 0.3) is 0 Å². The van der Waals surface area contributed by atoms with Crippen LogP contribution in [-0.2, 0) is 20.8 Å². The third kappa shape index (κ3) is 2.44. The van der Waals surface area contributed by atoms with Gasteiger partial charge in [0.05, 0.1) is 25.2 Å². The summed E-state index contributed by atoms with van der Waals surface area (Å²) in [5, 5.41) is 10.3. The molecule has 0 aliphatic carbocycles. The third-order valence-corrected chi connectivity index (χ3v) is 3.70. The van der Waals surface area contributed by atoms with Gasteiger partial charge in [-0.1, -0.05) is 36.4 Å².